The Morgan fingerprint density at radius 2 is 1.87 bits per heavy atom. The molecule has 30 heavy (non-hydrogen) atoms. The topological polar surface area (TPSA) is 82.1 Å². The number of carbonyl (C=O) groups is 1. The normalized spacial score (nSPS) is 15.4. The highest BCUT2D eigenvalue weighted by atomic mass is 35.5. The average Bonchev–Trinajstić information content (AvgIpc) is 3.30. The van der Waals surface area contributed by atoms with Gasteiger partial charge in [-0.3, -0.25) is 14.9 Å². The van der Waals surface area contributed by atoms with E-state index in [1.54, 1.807) is 47.6 Å². The van der Waals surface area contributed by atoms with Gasteiger partial charge in [-0.2, -0.15) is 5.10 Å². The largest absolute Gasteiger partial charge is 0.507 e. The number of halogens is 1. The van der Waals surface area contributed by atoms with Crippen molar-refractivity contribution in [3.05, 3.63) is 100 Å². The van der Waals surface area contributed by atoms with E-state index < -0.39 is 0 Å². The van der Waals surface area contributed by atoms with Gasteiger partial charge in [0.1, 0.15) is 17.1 Å². The number of hydrogen-bond donors (Lipinski definition) is 2. The Labute approximate surface area is 177 Å². The van der Waals surface area contributed by atoms with E-state index in [2.05, 4.69) is 15.2 Å². The van der Waals surface area contributed by atoms with E-state index in [0.717, 1.165) is 16.7 Å². The Balaban J connectivity index is 1.67. The van der Waals surface area contributed by atoms with Crippen LogP contribution in [-0.4, -0.2) is 31.1 Å². The number of para-hydroxylation sites is 1. The molecule has 148 valence electrons. The molecule has 6 nitrogen and oxygen atoms in total. The van der Waals surface area contributed by atoms with Gasteiger partial charge in [-0.05, 0) is 41.5 Å². The van der Waals surface area contributed by atoms with Crippen molar-refractivity contribution in [2.45, 2.75) is 12.6 Å². The Hall–Kier alpha value is -3.64. The number of aromatic nitrogens is 3. The molecule has 0 fully saturated rings. The number of aromatic hydroxyl groups is 1. The molecule has 1 aliphatic rings. The van der Waals surface area contributed by atoms with Gasteiger partial charge in [-0.1, -0.05) is 41.9 Å². The van der Waals surface area contributed by atoms with Crippen molar-refractivity contribution >= 4 is 17.5 Å². The van der Waals surface area contributed by atoms with Gasteiger partial charge in [0.2, 0.25) is 0 Å². The highest BCUT2D eigenvalue weighted by Crippen LogP contribution is 2.45. The fourth-order valence-corrected chi connectivity index (χ4v) is 4.04. The summed E-state index contributed by atoms with van der Waals surface area (Å²) in [6.45, 7) is 0.392. The molecule has 2 aromatic heterocycles. The molecule has 2 N–H and O–H groups in total. The Bertz CT molecular complexity index is 1220. The maximum absolute atomic E-state index is 13.3. The predicted molar refractivity (Wildman–Crippen MR) is 113 cm³/mol. The summed E-state index contributed by atoms with van der Waals surface area (Å²) < 4.78 is 0. The van der Waals surface area contributed by atoms with Gasteiger partial charge in [-0.25, -0.2) is 0 Å². The lowest BCUT2D eigenvalue weighted by Gasteiger charge is -2.26. The molecule has 7 heteroatoms. The van der Waals surface area contributed by atoms with Crippen molar-refractivity contribution in [3.8, 4) is 17.0 Å². The SMILES string of the molecule is O=C1c2[nH]nc(-c3ccccc3O)c2[C@H](c2ccc(Cl)cc2)N1Cc1cccnc1. The van der Waals surface area contributed by atoms with Crippen molar-refractivity contribution in [1.82, 2.24) is 20.1 Å². The number of aromatic amines is 1. The van der Waals surface area contributed by atoms with E-state index in [0.29, 0.717) is 28.5 Å². The second-order valence-electron chi connectivity index (χ2n) is 7.13. The van der Waals surface area contributed by atoms with E-state index in [4.69, 9.17) is 11.6 Å². The van der Waals surface area contributed by atoms with Gasteiger partial charge in [0.05, 0.1) is 6.04 Å². The van der Waals surface area contributed by atoms with Crippen LogP contribution in [0.25, 0.3) is 11.3 Å². The van der Waals surface area contributed by atoms with Crippen LogP contribution in [0, 0.1) is 0 Å². The summed E-state index contributed by atoms with van der Waals surface area (Å²) in [6.07, 6.45) is 3.45. The van der Waals surface area contributed by atoms with E-state index in [1.165, 1.54) is 0 Å². The fourth-order valence-electron chi connectivity index (χ4n) is 3.92. The number of pyridine rings is 1. The molecule has 2 aromatic carbocycles. The molecule has 0 saturated heterocycles. The fraction of sp³-hybridized carbons (Fsp3) is 0.0870. The number of phenolic OH excluding ortho intramolecular Hbond substituents is 1. The number of phenols is 1. The van der Waals surface area contributed by atoms with Crippen LogP contribution in [0.1, 0.15) is 33.2 Å². The van der Waals surface area contributed by atoms with Crippen molar-refractivity contribution < 1.29 is 9.90 Å². The van der Waals surface area contributed by atoms with Crippen LogP contribution in [0.5, 0.6) is 5.75 Å². The number of hydrogen-bond acceptors (Lipinski definition) is 4. The highest BCUT2D eigenvalue weighted by molar-refractivity contribution is 6.30. The van der Waals surface area contributed by atoms with E-state index in [-0.39, 0.29) is 17.7 Å². The van der Waals surface area contributed by atoms with Crippen molar-refractivity contribution in [2.24, 2.45) is 0 Å². The number of carbonyl (C=O) groups excluding carboxylic acids is 1. The van der Waals surface area contributed by atoms with Crippen LogP contribution in [0.15, 0.2) is 73.1 Å². The molecule has 0 spiro atoms. The molecule has 0 saturated carbocycles. The Kier molecular flexibility index (Phi) is 4.48. The summed E-state index contributed by atoms with van der Waals surface area (Å²) in [4.78, 5) is 19.3. The second-order valence-corrected chi connectivity index (χ2v) is 7.56. The Morgan fingerprint density at radius 3 is 2.60 bits per heavy atom. The van der Waals surface area contributed by atoms with Crippen LogP contribution in [0.2, 0.25) is 5.02 Å². The number of amides is 1. The van der Waals surface area contributed by atoms with E-state index in [1.807, 2.05) is 30.3 Å². The first-order chi connectivity index (χ1) is 14.6. The molecule has 0 bridgehead atoms. The van der Waals surface area contributed by atoms with Gasteiger partial charge < -0.3 is 10.0 Å². The lowest BCUT2D eigenvalue weighted by molar-refractivity contribution is 0.0730. The minimum atomic E-state index is -0.377. The molecular weight excluding hydrogens is 400 g/mol. The highest BCUT2D eigenvalue weighted by Gasteiger charge is 2.42. The summed E-state index contributed by atoms with van der Waals surface area (Å²) in [6, 6.07) is 17.8. The smallest absolute Gasteiger partial charge is 0.273 e. The van der Waals surface area contributed by atoms with Crippen molar-refractivity contribution in [3.63, 3.8) is 0 Å². The second kappa shape index (κ2) is 7.31. The zero-order chi connectivity index (χ0) is 20.7. The minimum absolute atomic E-state index is 0.111. The summed E-state index contributed by atoms with van der Waals surface area (Å²) >= 11 is 6.10. The van der Waals surface area contributed by atoms with Gasteiger partial charge in [0.15, 0.2) is 0 Å². The molecule has 3 heterocycles. The number of nitrogens with zero attached hydrogens (tertiary/aromatic N) is 3. The van der Waals surface area contributed by atoms with Crippen molar-refractivity contribution in [1.29, 1.82) is 0 Å². The molecule has 1 amide bonds. The zero-order valence-corrected chi connectivity index (χ0v) is 16.5. The monoisotopic (exact) mass is 416 g/mol. The quantitative estimate of drug-likeness (QED) is 0.510. The van der Waals surface area contributed by atoms with Gasteiger partial charge in [0, 0.05) is 35.1 Å². The number of nitrogens with one attached hydrogen (secondary N) is 1. The summed E-state index contributed by atoms with van der Waals surface area (Å²) in [5, 5.41) is 18.3. The maximum atomic E-state index is 13.3. The van der Waals surface area contributed by atoms with Crippen LogP contribution in [0.4, 0.5) is 0 Å². The van der Waals surface area contributed by atoms with E-state index >= 15 is 0 Å². The predicted octanol–water partition coefficient (Wildman–Crippen LogP) is 4.58. The van der Waals surface area contributed by atoms with Gasteiger partial charge >= 0.3 is 0 Å². The molecule has 0 aliphatic carbocycles. The molecule has 1 aliphatic heterocycles. The molecule has 5 rings (SSSR count). The summed E-state index contributed by atoms with van der Waals surface area (Å²) in [5.41, 5.74) is 4.14. The lowest BCUT2D eigenvalue weighted by atomic mass is 9.95. The molecule has 0 unspecified atom stereocenters. The van der Waals surface area contributed by atoms with Gasteiger partial charge in [-0.15, -0.1) is 0 Å². The third kappa shape index (κ3) is 3.02. The molecule has 1 atom stereocenters. The van der Waals surface area contributed by atoms with E-state index in [9.17, 15) is 9.90 Å². The first kappa shape index (κ1) is 18.4. The first-order valence-corrected chi connectivity index (χ1v) is 9.83. The molecule has 0 radical (unpaired) electrons. The summed E-state index contributed by atoms with van der Waals surface area (Å²) in [7, 11) is 0. The molecule has 4 aromatic rings. The third-order valence-electron chi connectivity index (χ3n) is 5.28. The Morgan fingerprint density at radius 1 is 1.07 bits per heavy atom. The van der Waals surface area contributed by atoms with Crippen LogP contribution in [0.3, 0.4) is 0 Å². The van der Waals surface area contributed by atoms with Crippen LogP contribution >= 0.6 is 11.6 Å². The van der Waals surface area contributed by atoms with Crippen molar-refractivity contribution in [2.75, 3.05) is 0 Å². The number of benzene rings is 2. The lowest BCUT2D eigenvalue weighted by Crippen LogP contribution is -2.29. The first-order valence-electron chi connectivity index (χ1n) is 9.45. The standard InChI is InChI=1S/C23H17ClN4O2/c24-16-9-7-15(8-10-16)22-19-20(17-5-1-2-6-18(17)29)26-27-21(19)23(30)28(22)13-14-4-3-11-25-12-14/h1-12,22,29H,13H2,(H,26,27)/t22-/m0/s1. The van der Waals surface area contributed by atoms with Gasteiger partial charge in [0.25, 0.3) is 5.91 Å². The number of fused-ring (bicyclic) bond motifs is 1. The summed E-state index contributed by atoms with van der Waals surface area (Å²) in [5.74, 6) is -0.0391. The number of H-pyrrole nitrogens is 1. The van der Waals surface area contributed by atoms with Crippen LogP contribution < -0.4 is 0 Å². The maximum Gasteiger partial charge on any atom is 0.273 e. The molecular formula is C23H17ClN4O2. The third-order valence-corrected chi connectivity index (χ3v) is 5.54. The van der Waals surface area contributed by atoms with Crippen LogP contribution in [-0.2, 0) is 6.54 Å². The average molecular weight is 417 g/mol. The zero-order valence-electron chi connectivity index (χ0n) is 15.8. The number of rotatable bonds is 4. The minimum Gasteiger partial charge on any atom is -0.507 e.